The third kappa shape index (κ3) is 1.61. The monoisotopic (exact) mass is 203 g/mol. The molecular weight excluding hydrogens is 194 g/mol. The van der Waals surface area contributed by atoms with E-state index in [1.807, 2.05) is 6.07 Å². The first kappa shape index (κ1) is 9.45. The Bertz CT molecular complexity index is 425. The molecule has 0 unspecified atom stereocenters. The number of amides is 1. The molecule has 1 aromatic rings. The molecule has 0 saturated carbocycles. The van der Waals surface area contributed by atoms with Gasteiger partial charge in [-0.25, -0.2) is 4.79 Å². The second-order valence-electron chi connectivity index (χ2n) is 3.11. The number of carbonyl (C=O) groups excluding carboxylic acids is 2. The van der Waals surface area contributed by atoms with Gasteiger partial charge in [-0.2, -0.15) is 0 Å². The van der Waals surface area contributed by atoms with Gasteiger partial charge in [-0.15, -0.1) is 0 Å². The smallest absolute Gasteiger partial charge is 0.356 e. The summed E-state index contributed by atoms with van der Waals surface area (Å²) in [6.07, 6.45) is 0. The number of nitrogens with zero attached hydrogens (tertiary/aromatic N) is 1. The first-order chi connectivity index (χ1) is 7.20. The van der Waals surface area contributed by atoms with Crippen molar-refractivity contribution in [3.8, 4) is 0 Å². The topological polar surface area (TPSA) is 46.6 Å². The highest BCUT2D eigenvalue weighted by Gasteiger charge is 2.30. The average Bonchev–Trinajstić information content (AvgIpc) is 2.60. The van der Waals surface area contributed by atoms with E-state index in [9.17, 15) is 9.59 Å². The molecule has 0 radical (unpaired) electrons. The maximum absolute atomic E-state index is 11.8. The number of hydrogen-bond acceptors (Lipinski definition) is 3. The fourth-order valence-electron chi connectivity index (χ4n) is 1.31. The molecule has 0 spiro atoms. The second kappa shape index (κ2) is 3.57. The van der Waals surface area contributed by atoms with Crippen LogP contribution in [0.1, 0.15) is 10.4 Å². The standard InChI is InChI=1S/C11H9NO3/c1-8-11(14)15-7-12(8)10(13)9-5-3-2-4-6-9/h2-6H,1,7H2. The van der Waals surface area contributed by atoms with E-state index in [2.05, 4.69) is 11.3 Å². The molecule has 0 aliphatic carbocycles. The van der Waals surface area contributed by atoms with Crippen molar-refractivity contribution < 1.29 is 14.3 Å². The quantitative estimate of drug-likeness (QED) is 0.508. The van der Waals surface area contributed by atoms with Crippen LogP contribution in [-0.2, 0) is 9.53 Å². The number of hydrogen-bond donors (Lipinski definition) is 0. The summed E-state index contributed by atoms with van der Waals surface area (Å²) in [4.78, 5) is 24.1. The van der Waals surface area contributed by atoms with Gasteiger partial charge < -0.3 is 4.74 Å². The van der Waals surface area contributed by atoms with Gasteiger partial charge in [0, 0.05) is 5.56 Å². The Morgan fingerprint density at radius 1 is 1.33 bits per heavy atom. The molecule has 2 rings (SSSR count). The van der Waals surface area contributed by atoms with Gasteiger partial charge in [0.15, 0.2) is 6.73 Å². The zero-order valence-corrected chi connectivity index (χ0v) is 7.97. The Morgan fingerprint density at radius 2 is 2.00 bits per heavy atom. The van der Waals surface area contributed by atoms with Crippen molar-refractivity contribution in [2.45, 2.75) is 0 Å². The number of carbonyl (C=O) groups is 2. The molecule has 1 aliphatic heterocycles. The molecule has 1 heterocycles. The number of cyclic esters (lactones) is 1. The highest BCUT2D eigenvalue weighted by molar-refractivity contribution is 6.02. The molecule has 1 aromatic carbocycles. The summed E-state index contributed by atoms with van der Waals surface area (Å²) in [5.74, 6) is -0.814. The summed E-state index contributed by atoms with van der Waals surface area (Å²) >= 11 is 0. The lowest BCUT2D eigenvalue weighted by Crippen LogP contribution is -2.26. The van der Waals surface area contributed by atoms with Crippen LogP contribution >= 0.6 is 0 Å². The normalized spacial score (nSPS) is 15.3. The molecule has 15 heavy (non-hydrogen) atoms. The summed E-state index contributed by atoms with van der Waals surface area (Å²) in [7, 11) is 0. The summed E-state index contributed by atoms with van der Waals surface area (Å²) < 4.78 is 4.69. The molecule has 76 valence electrons. The van der Waals surface area contributed by atoms with Crippen LogP contribution in [0, 0.1) is 0 Å². The highest BCUT2D eigenvalue weighted by atomic mass is 16.6. The van der Waals surface area contributed by atoms with E-state index in [4.69, 9.17) is 0 Å². The molecule has 0 bridgehead atoms. The van der Waals surface area contributed by atoms with Gasteiger partial charge >= 0.3 is 5.97 Å². The molecule has 1 amide bonds. The Hall–Kier alpha value is -2.10. The fourth-order valence-corrected chi connectivity index (χ4v) is 1.31. The second-order valence-corrected chi connectivity index (χ2v) is 3.11. The van der Waals surface area contributed by atoms with Gasteiger partial charge in [0.2, 0.25) is 0 Å². The van der Waals surface area contributed by atoms with Crippen LogP contribution in [0.25, 0.3) is 0 Å². The zero-order chi connectivity index (χ0) is 10.8. The molecule has 1 fully saturated rings. The fraction of sp³-hybridized carbons (Fsp3) is 0.0909. The maximum atomic E-state index is 11.8. The molecular formula is C11H9NO3. The van der Waals surface area contributed by atoms with Crippen LogP contribution in [0.15, 0.2) is 42.6 Å². The van der Waals surface area contributed by atoms with Crippen LogP contribution in [0.2, 0.25) is 0 Å². The minimum Gasteiger partial charge on any atom is -0.439 e. The van der Waals surface area contributed by atoms with Crippen LogP contribution < -0.4 is 0 Å². The average molecular weight is 203 g/mol. The van der Waals surface area contributed by atoms with Crippen LogP contribution in [0.5, 0.6) is 0 Å². The predicted octanol–water partition coefficient (Wildman–Crippen LogP) is 1.16. The molecule has 1 aliphatic rings. The molecule has 0 atom stereocenters. The Balaban J connectivity index is 2.23. The molecule has 1 saturated heterocycles. The van der Waals surface area contributed by atoms with E-state index >= 15 is 0 Å². The summed E-state index contributed by atoms with van der Waals surface area (Å²) in [6.45, 7) is 3.44. The molecule has 4 heteroatoms. The number of benzene rings is 1. The van der Waals surface area contributed by atoms with E-state index in [1.54, 1.807) is 24.3 Å². The zero-order valence-electron chi connectivity index (χ0n) is 7.97. The van der Waals surface area contributed by atoms with Gasteiger partial charge in [0.25, 0.3) is 5.91 Å². The van der Waals surface area contributed by atoms with Crippen LogP contribution in [0.4, 0.5) is 0 Å². The summed E-state index contributed by atoms with van der Waals surface area (Å²) in [6, 6.07) is 8.69. The Labute approximate surface area is 86.8 Å². The molecule has 0 aromatic heterocycles. The SMILES string of the molecule is C=C1C(=O)OCN1C(=O)c1ccccc1. The van der Waals surface area contributed by atoms with Gasteiger partial charge in [-0.05, 0) is 12.1 Å². The molecule has 4 nitrogen and oxygen atoms in total. The van der Waals surface area contributed by atoms with E-state index in [1.165, 1.54) is 4.90 Å². The van der Waals surface area contributed by atoms with Gasteiger partial charge in [-0.1, -0.05) is 24.8 Å². The number of esters is 1. The van der Waals surface area contributed by atoms with Crippen molar-refractivity contribution in [1.29, 1.82) is 0 Å². The first-order valence-corrected chi connectivity index (χ1v) is 4.43. The van der Waals surface area contributed by atoms with Crippen molar-refractivity contribution >= 4 is 11.9 Å². The van der Waals surface area contributed by atoms with Gasteiger partial charge in [-0.3, -0.25) is 9.69 Å². The highest BCUT2D eigenvalue weighted by Crippen LogP contribution is 2.16. The van der Waals surface area contributed by atoms with Gasteiger partial charge in [0.1, 0.15) is 5.70 Å². The van der Waals surface area contributed by atoms with E-state index < -0.39 is 5.97 Å². The van der Waals surface area contributed by atoms with E-state index in [0.29, 0.717) is 5.56 Å². The Kier molecular flexibility index (Phi) is 2.25. The minimum atomic E-state index is -0.542. The van der Waals surface area contributed by atoms with Crippen LogP contribution in [0.3, 0.4) is 0 Å². The van der Waals surface area contributed by atoms with Gasteiger partial charge in [0.05, 0.1) is 0 Å². The third-order valence-corrected chi connectivity index (χ3v) is 2.15. The molecule has 0 N–H and O–H groups in total. The lowest BCUT2D eigenvalue weighted by Gasteiger charge is -2.12. The minimum absolute atomic E-state index is 0.0502. The largest absolute Gasteiger partial charge is 0.439 e. The third-order valence-electron chi connectivity index (χ3n) is 2.15. The number of rotatable bonds is 1. The van der Waals surface area contributed by atoms with Crippen molar-refractivity contribution in [2.75, 3.05) is 6.73 Å². The summed E-state index contributed by atoms with van der Waals surface area (Å²) in [5.41, 5.74) is 0.598. The summed E-state index contributed by atoms with van der Waals surface area (Å²) in [5, 5.41) is 0. The first-order valence-electron chi connectivity index (χ1n) is 4.43. The van der Waals surface area contributed by atoms with E-state index in [-0.39, 0.29) is 18.3 Å². The van der Waals surface area contributed by atoms with Crippen molar-refractivity contribution in [2.24, 2.45) is 0 Å². The predicted molar refractivity (Wildman–Crippen MR) is 52.7 cm³/mol. The van der Waals surface area contributed by atoms with Crippen LogP contribution in [-0.4, -0.2) is 23.5 Å². The van der Waals surface area contributed by atoms with E-state index in [0.717, 1.165) is 0 Å². The maximum Gasteiger partial charge on any atom is 0.356 e. The Morgan fingerprint density at radius 3 is 2.53 bits per heavy atom. The lowest BCUT2D eigenvalue weighted by molar-refractivity contribution is -0.135. The van der Waals surface area contributed by atoms with Crippen molar-refractivity contribution in [1.82, 2.24) is 4.90 Å². The number of ether oxygens (including phenoxy) is 1. The lowest BCUT2D eigenvalue weighted by atomic mass is 10.2. The van der Waals surface area contributed by atoms with Crippen molar-refractivity contribution in [3.05, 3.63) is 48.2 Å². The van der Waals surface area contributed by atoms with Crippen molar-refractivity contribution in [3.63, 3.8) is 0 Å².